The van der Waals surface area contributed by atoms with E-state index in [2.05, 4.69) is 48.1 Å². The standard InChI is InChI=1S/C25H29ClN2O/c1-17-7-5-11-23(18(17)2)27-25(29)14-20-16-28(24-12-4-3-10-22(20)24)15-19-8-6-9-21(26)13-19/h3-4,6,8-10,12-13,16-18,23H,5,7,11,14-15H2,1-2H3,(H,27,29)/t17-,18+,23-/m1/s1. The van der Waals surface area contributed by atoms with Gasteiger partial charge in [-0.25, -0.2) is 0 Å². The Hall–Kier alpha value is -2.26. The maximum Gasteiger partial charge on any atom is 0.224 e. The van der Waals surface area contributed by atoms with Crippen molar-refractivity contribution in [3.8, 4) is 0 Å². The van der Waals surface area contributed by atoms with Crippen LogP contribution in [0.25, 0.3) is 10.9 Å². The molecular formula is C25H29ClN2O. The monoisotopic (exact) mass is 408 g/mol. The smallest absolute Gasteiger partial charge is 0.224 e. The average Bonchev–Trinajstić information content (AvgIpc) is 3.03. The Balaban J connectivity index is 1.54. The highest BCUT2D eigenvalue weighted by atomic mass is 35.5. The summed E-state index contributed by atoms with van der Waals surface area (Å²) in [4.78, 5) is 12.9. The van der Waals surface area contributed by atoms with E-state index in [9.17, 15) is 4.79 Å². The molecule has 0 saturated heterocycles. The highest BCUT2D eigenvalue weighted by Gasteiger charge is 2.28. The summed E-state index contributed by atoms with van der Waals surface area (Å²) in [7, 11) is 0. The van der Waals surface area contributed by atoms with E-state index < -0.39 is 0 Å². The number of hydrogen-bond acceptors (Lipinski definition) is 1. The predicted octanol–water partition coefficient (Wildman–Crippen LogP) is 5.83. The molecule has 1 N–H and O–H groups in total. The van der Waals surface area contributed by atoms with Gasteiger partial charge in [-0.15, -0.1) is 0 Å². The van der Waals surface area contributed by atoms with Crippen molar-refractivity contribution >= 4 is 28.4 Å². The molecular weight excluding hydrogens is 380 g/mol. The van der Waals surface area contributed by atoms with Crippen LogP contribution in [0.5, 0.6) is 0 Å². The van der Waals surface area contributed by atoms with Gasteiger partial charge < -0.3 is 9.88 Å². The zero-order chi connectivity index (χ0) is 20.4. The summed E-state index contributed by atoms with van der Waals surface area (Å²) < 4.78 is 2.22. The number of carbonyl (C=O) groups excluding carboxylic acids is 1. The molecule has 3 atom stereocenters. The van der Waals surface area contributed by atoms with E-state index in [-0.39, 0.29) is 5.91 Å². The second-order valence-electron chi connectivity index (χ2n) is 8.55. The molecule has 1 amide bonds. The fraction of sp³-hybridized carbons (Fsp3) is 0.400. The number of carbonyl (C=O) groups is 1. The first-order chi connectivity index (χ1) is 14.0. The van der Waals surface area contributed by atoms with Crippen LogP contribution in [0.15, 0.2) is 54.7 Å². The van der Waals surface area contributed by atoms with Crippen molar-refractivity contribution in [2.75, 3.05) is 0 Å². The second-order valence-corrected chi connectivity index (χ2v) is 8.98. The minimum atomic E-state index is 0.126. The molecule has 4 heteroatoms. The van der Waals surface area contributed by atoms with Gasteiger partial charge in [0.2, 0.25) is 5.91 Å². The normalized spacial score (nSPS) is 22.0. The molecule has 1 heterocycles. The van der Waals surface area contributed by atoms with E-state index in [0.717, 1.165) is 40.0 Å². The first kappa shape index (κ1) is 20.0. The van der Waals surface area contributed by atoms with Crippen molar-refractivity contribution in [1.82, 2.24) is 9.88 Å². The molecule has 0 radical (unpaired) electrons. The van der Waals surface area contributed by atoms with Crippen LogP contribution in [-0.4, -0.2) is 16.5 Å². The van der Waals surface area contributed by atoms with Crippen molar-refractivity contribution < 1.29 is 4.79 Å². The van der Waals surface area contributed by atoms with Gasteiger partial charge in [0.15, 0.2) is 0 Å². The summed E-state index contributed by atoms with van der Waals surface area (Å²) in [5.41, 5.74) is 3.38. The number of rotatable bonds is 5. The van der Waals surface area contributed by atoms with Gasteiger partial charge in [0.25, 0.3) is 0 Å². The Bertz CT molecular complexity index is 1010. The van der Waals surface area contributed by atoms with Gasteiger partial charge in [-0.05, 0) is 47.6 Å². The summed E-state index contributed by atoms with van der Waals surface area (Å²) in [6, 6.07) is 16.6. The molecule has 1 fully saturated rings. The van der Waals surface area contributed by atoms with Gasteiger partial charge >= 0.3 is 0 Å². The van der Waals surface area contributed by atoms with Gasteiger partial charge in [-0.1, -0.05) is 68.6 Å². The molecule has 152 valence electrons. The summed E-state index contributed by atoms with van der Waals surface area (Å²) in [6.45, 7) is 5.30. The molecule has 1 aromatic heterocycles. The minimum Gasteiger partial charge on any atom is -0.353 e. The van der Waals surface area contributed by atoms with Gasteiger partial charge in [0.05, 0.1) is 6.42 Å². The SMILES string of the molecule is C[C@H]1[C@H](C)CCC[C@H]1NC(=O)Cc1cn(Cc2cccc(Cl)c2)c2ccccc12. The largest absolute Gasteiger partial charge is 0.353 e. The number of para-hydroxylation sites is 1. The molecule has 0 unspecified atom stereocenters. The minimum absolute atomic E-state index is 0.126. The maximum absolute atomic E-state index is 12.9. The molecule has 2 aromatic carbocycles. The van der Waals surface area contributed by atoms with E-state index in [1.807, 2.05) is 30.3 Å². The Morgan fingerprint density at radius 1 is 1.14 bits per heavy atom. The van der Waals surface area contributed by atoms with Gasteiger partial charge in [0.1, 0.15) is 0 Å². The molecule has 0 bridgehead atoms. The summed E-state index contributed by atoms with van der Waals surface area (Å²) in [5.74, 6) is 1.34. The van der Waals surface area contributed by atoms with Crippen LogP contribution in [0, 0.1) is 11.8 Å². The Morgan fingerprint density at radius 2 is 1.97 bits per heavy atom. The molecule has 4 rings (SSSR count). The summed E-state index contributed by atoms with van der Waals surface area (Å²) in [5, 5.41) is 5.21. The van der Waals surface area contributed by atoms with Crippen LogP contribution in [0.3, 0.4) is 0 Å². The van der Waals surface area contributed by atoms with Gasteiger partial charge in [0, 0.05) is 34.7 Å². The number of aromatic nitrogens is 1. The van der Waals surface area contributed by atoms with E-state index in [4.69, 9.17) is 11.6 Å². The van der Waals surface area contributed by atoms with Crippen molar-refractivity contribution in [3.63, 3.8) is 0 Å². The molecule has 1 aliphatic rings. The Labute approximate surface area is 178 Å². The van der Waals surface area contributed by atoms with Crippen LogP contribution in [0.2, 0.25) is 5.02 Å². The van der Waals surface area contributed by atoms with Gasteiger partial charge in [-0.3, -0.25) is 4.79 Å². The average molecular weight is 409 g/mol. The number of nitrogens with one attached hydrogen (secondary N) is 1. The highest BCUT2D eigenvalue weighted by molar-refractivity contribution is 6.30. The first-order valence-electron chi connectivity index (χ1n) is 10.6. The van der Waals surface area contributed by atoms with Crippen molar-refractivity contribution in [3.05, 3.63) is 70.9 Å². The fourth-order valence-electron chi connectivity index (χ4n) is 4.64. The molecule has 29 heavy (non-hydrogen) atoms. The Kier molecular flexibility index (Phi) is 5.96. The third-order valence-corrected chi connectivity index (χ3v) is 6.75. The third-order valence-electron chi connectivity index (χ3n) is 6.52. The van der Waals surface area contributed by atoms with Crippen LogP contribution >= 0.6 is 11.6 Å². The van der Waals surface area contributed by atoms with Crippen molar-refractivity contribution in [1.29, 1.82) is 0 Å². The molecule has 3 aromatic rings. The molecule has 1 saturated carbocycles. The number of benzene rings is 2. The lowest BCUT2D eigenvalue weighted by Crippen LogP contribution is -2.44. The quantitative estimate of drug-likeness (QED) is 0.566. The maximum atomic E-state index is 12.9. The number of hydrogen-bond donors (Lipinski definition) is 1. The van der Waals surface area contributed by atoms with Crippen LogP contribution in [-0.2, 0) is 17.8 Å². The second kappa shape index (κ2) is 8.62. The highest BCUT2D eigenvalue weighted by Crippen LogP contribution is 2.30. The fourth-order valence-corrected chi connectivity index (χ4v) is 4.86. The van der Waals surface area contributed by atoms with Crippen LogP contribution in [0.1, 0.15) is 44.2 Å². The molecule has 0 spiro atoms. The lowest BCUT2D eigenvalue weighted by atomic mass is 9.78. The van der Waals surface area contributed by atoms with E-state index in [1.54, 1.807) is 0 Å². The number of amides is 1. The Morgan fingerprint density at radius 3 is 2.79 bits per heavy atom. The van der Waals surface area contributed by atoms with E-state index >= 15 is 0 Å². The predicted molar refractivity (Wildman–Crippen MR) is 120 cm³/mol. The van der Waals surface area contributed by atoms with Crippen LogP contribution in [0.4, 0.5) is 0 Å². The zero-order valence-electron chi connectivity index (χ0n) is 17.2. The third kappa shape index (κ3) is 4.51. The van der Waals surface area contributed by atoms with Crippen molar-refractivity contribution in [2.45, 2.75) is 52.1 Å². The van der Waals surface area contributed by atoms with E-state index in [0.29, 0.717) is 24.3 Å². The molecule has 1 aliphatic carbocycles. The number of nitrogens with zero attached hydrogens (tertiary/aromatic N) is 1. The summed E-state index contributed by atoms with van der Waals surface area (Å²) in [6.07, 6.45) is 6.10. The topological polar surface area (TPSA) is 34.0 Å². The number of halogens is 1. The molecule has 0 aliphatic heterocycles. The lowest BCUT2D eigenvalue weighted by Gasteiger charge is -2.34. The first-order valence-corrected chi connectivity index (χ1v) is 11.0. The summed E-state index contributed by atoms with van der Waals surface area (Å²) >= 11 is 6.16. The zero-order valence-corrected chi connectivity index (χ0v) is 18.0. The molecule has 3 nitrogen and oxygen atoms in total. The van der Waals surface area contributed by atoms with Crippen LogP contribution < -0.4 is 5.32 Å². The van der Waals surface area contributed by atoms with E-state index in [1.165, 1.54) is 12.8 Å². The van der Waals surface area contributed by atoms with Crippen molar-refractivity contribution in [2.24, 2.45) is 11.8 Å². The van der Waals surface area contributed by atoms with Gasteiger partial charge in [-0.2, -0.15) is 0 Å². The number of fused-ring (bicyclic) bond motifs is 1. The lowest BCUT2D eigenvalue weighted by molar-refractivity contribution is -0.121.